The van der Waals surface area contributed by atoms with E-state index in [2.05, 4.69) is 36.9 Å². The molecule has 3 heteroatoms. The number of aromatic hydroxyl groups is 1. The molecule has 2 rings (SSSR count). The number of nitrogens with zero attached hydrogens (tertiary/aromatic N) is 1. The van der Waals surface area contributed by atoms with Gasteiger partial charge in [-0.3, -0.25) is 0 Å². The average Bonchev–Trinajstić information content (AvgIpc) is 2.39. The van der Waals surface area contributed by atoms with Crippen LogP contribution >= 0.6 is 0 Å². The molecule has 0 fully saturated rings. The van der Waals surface area contributed by atoms with E-state index in [1.807, 2.05) is 12.1 Å². The van der Waals surface area contributed by atoms with Gasteiger partial charge in [0.15, 0.2) is 0 Å². The van der Waals surface area contributed by atoms with Gasteiger partial charge in [-0.2, -0.15) is 0 Å². The molecule has 0 heterocycles. The number of benzene rings is 2. The maximum absolute atomic E-state index is 10.0. The lowest BCUT2D eigenvalue weighted by molar-refractivity contribution is 0.195. The Morgan fingerprint density at radius 1 is 1.10 bits per heavy atom. The van der Waals surface area contributed by atoms with Gasteiger partial charge in [0.2, 0.25) is 0 Å². The van der Waals surface area contributed by atoms with Crippen molar-refractivity contribution < 1.29 is 10.2 Å². The van der Waals surface area contributed by atoms with Crippen molar-refractivity contribution >= 4 is 11.4 Å². The van der Waals surface area contributed by atoms with Gasteiger partial charge in [-0.05, 0) is 44.5 Å². The minimum Gasteiger partial charge on any atom is -0.507 e. The minimum atomic E-state index is -0.668. The molecule has 2 aromatic carbocycles. The number of phenols is 1. The van der Waals surface area contributed by atoms with E-state index in [9.17, 15) is 10.2 Å². The van der Waals surface area contributed by atoms with Crippen molar-refractivity contribution in [3.05, 3.63) is 53.6 Å². The van der Waals surface area contributed by atoms with Crippen molar-refractivity contribution in [2.75, 3.05) is 11.4 Å². The van der Waals surface area contributed by atoms with Crippen molar-refractivity contribution in [2.24, 2.45) is 0 Å². The summed E-state index contributed by atoms with van der Waals surface area (Å²) in [5.74, 6) is 0.128. The van der Waals surface area contributed by atoms with Crippen LogP contribution in [0.3, 0.4) is 0 Å². The lowest BCUT2D eigenvalue weighted by Gasteiger charge is -2.24. The third-order valence-electron chi connectivity index (χ3n) is 3.41. The molecule has 0 saturated carbocycles. The number of aliphatic hydroxyl groups is 1. The summed E-state index contributed by atoms with van der Waals surface area (Å²) in [6.07, 6.45) is -0.668. The smallest absolute Gasteiger partial charge is 0.123 e. The Morgan fingerprint density at radius 2 is 1.80 bits per heavy atom. The van der Waals surface area contributed by atoms with Crippen LogP contribution in [0, 0.1) is 6.92 Å². The fourth-order valence-corrected chi connectivity index (χ4v) is 2.36. The zero-order valence-electron chi connectivity index (χ0n) is 12.2. The molecule has 20 heavy (non-hydrogen) atoms. The van der Waals surface area contributed by atoms with E-state index in [1.54, 1.807) is 19.1 Å². The summed E-state index contributed by atoms with van der Waals surface area (Å²) in [5.41, 5.74) is 3.76. The maximum Gasteiger partial charge on any atom is 0.123 e. The first-order valence-corrected chi connectivity index (χ1v) is 6.88. The number of phenolic OH excluding ortho intramolecular Hbond substituents is 1. The van der Waals surface area contributed by atoms with E-state index in [-0.39, 0.29) is 5.75 Å². The molecule has 2 N–H and O–H groups in total. The first kappa shape index (κ1) is 14.4. The highest BCUT2D eigenvalue weighted by Crippen LogP contribution is 2.32. The summed E-state index contributed by atoms with van der Waals surface area (Å²) in [6.45, 7) is 6.58. The molecule has 1 atom stereocenters. The molecule has 106 valence electrons. The van der Waals surface area contributed by atoms with Gasteiger partial charge in [0, 0.05) is 29.5 Å². The zero-order chi connectivity index (χ0) is 14.7. The first-order chi connectivity index (χ1) is 9.52. The number of rotatable bonds is 4. The molecule has 3 nitrogen and oxygen atoms in total. The predicted molar refractivity (Wildman–Crippen MR) is 82.6 cm³/mol. The first-order valence-electron chi connectivity index (χ1n) is 6.88. The highest BCUT2D eigenvalue weighted by molar-refractivity contribution is 5.66. The normalized spacial score (nSPS) is 12.2. The highest BCUT2D eigenvalue weighted by Gasteiger charge is 2.12. The Balaban J connectivity index is 2.40. The largest absolute Gasteiger partial charge is 0.507 e. The Morgan fingerprint density at radius 3 is 2.35 bits per heavy atom. The second-order valence-electron chi connectivity index (χ2n) is 5.00. The van der Waals surface area contributed by atoms with Crippen LogP contribution in [-0.4, -0.2) is 16.8 Å². The highest BCUT2D eigenvalue weighted by atomic mass is 16.3. The van der Waals surface area contributed by atoms with Crippen LogP contribution in [0.5, 0.6) is 5.75 Å². The van der Waals surface area contributed by atoms with Gasteiger partial charge in [-0.1, -0.05) is 18.2 Å². The number of hydrogen-bond acceptors (Lipinski definition) is 3. The lowest BCUT2D eigenvalue weighted by Crippen LogP contribution is -2.16. The summed E-state index contributed by atoms with van der Waals surface area (Å²) in [4.78, 5) is 2.12. The Bertz CT molecular complexity index is 593. The Labute approximate surface area is 120 Å². The number of anilines is 2. The topological polar surface area (TPSA) is 43.7 Å². The number of aliphatic hydroxyl groups excluding tert-OH is 1. The van der Waals surface area contributed by atoms with E-state index in [0.29, 0.717) is 5.56 Å². The van der Waals surface area contributed by atoms with Gasteiger partial charge in [0.1, 0.15) is 5.75 Å². The van der Waals surface area contributed by atoms with Crippen LogP contribution in [0.1, 0.15) is 31.1 Å². The van der Waals surface area contributed by atoms with E-state index >= 15 is 0 Å². The van der Waals surface area contributed by atoms with E-state index in [1.165, 1.54) is 5.56 Å². The molecule has 0 bridgehead atoms. The van der Waals surface area contributed by atoms with E-state index < -0.39 is 6.10 Å². The molecule has 0 spiro atoms. The molecular formula is C17H21NO2. The van der Waals surface area contributed by atoms with Crippen molar-refractivity contribution in [1.29, 1.82) is 0 Å². The van der Waals surface area contributed by atoms with Crippen LogP contribution in [0.2, 0.25) is 0 Å². The van der Waals surface area contributed by atoms with Gasteiger partial charge in [-0.15, -0.1) is 0 Å². The van der Waals surface area contributed by atoms with Gasteiger partial charge in [0.25, 0.3) is 0 Å². The molecule has 2 aromatic rings. The van der Waals surface area contributed by atoms with E-state index in [0.717, 1.165) is 17.9 Å². The van der Waals surface area contributed by atoms with Crippen LogP contribution in [0.4, 0.5) is 11.4 Å². The van der Waals surface area contributed by atoms with Gasteiger partial charge >= 0.3 is 0 Å². The summed E-state index contributed by atoms with van der Waals surface area (Å²) >= 11 is 0. The molecule has 0 aliphatic carbocycles. The molecule has 0 amide bonds. The van der Waals surface area contributed by atoms with Gasteiger partial charge < -0.3 is 15.1 Å². The second-order valence-corrected chi connectivity index (χ2v) is 5.00. The van der Waals surface area contributed by atoms with Gasteiger partial charge in [0.05, 0.1) is 6.10 Å². The fraction of sp³-hybridized carbons (Fsp3) is 0.294. The van der Waals surface area contributed by atoms with Crippen LogP contribution in [-0.2, 0) is 0 Å². The van der Waals surface area contributed by atoms with Crippen LogP contribution in [0.25, 0.3) is 0 Å². The number of hydrogen-bond donors (Lipinski definition) is 2. The molecule has 0 aliphatic heterocycles. The van der Waals surface area contributed by atoms with Crippen molar-refractivity contribution in [3.63, 3.8) is 0 Å². The zero-order valence-corrected chi connectivity index (χ0v) is 12.2. The quantitative estimate of drug-likeness (QED) is 0.886. The van der Waals surface area contributed by atoms with E-state index in [4.69, 9.17) is 0 Å². The fourth-order valence-electron chi connectivity index (χ4n) is 2.36. The molecule has 0 aromatic heterocycles. The SMILES string of the molecule is CCN(c1cccc(C)c1)c1ccc(C(C)O)c(O)c1. The van der Waals surface area contributed by atoms with Gasteiger partial charge in [-0.25, -0.2) is 0 Å². The third-order valence-corrected chi connectivity index (χ3v) is 3.41. The molecule has 0 aliphatic rings. The maximum atomic E-state index is 10.0. The Kier molecular flexibility index (Phi) is 4.30. The molecule has 0 saturated heterocycles. The van der Waals surface area contributed by atoms with Crippen LogP contribution < -0.4 is 4.90 Å². The molecular weight excluding hydrogens is 250 g/mol. The molecule has 0 radical (unpaired) electrons. The number of aryl methyl sites for hydroxylation is 1. The average molecular weight is 271 g/mol. The summed E-state index contributed by atoms with van der Waals surface area (Å²) in [6, 6.07) is 13.7. The predicted octanol–water partition coefficient (Wildman–Crippen LogP) is 3.91. The Hall–Kier alpha value is -2.00. The summed E-state index contributed by atoms with van der Waals surface area (Å²) in [7, 11) is 0. The minimum absolute atomic E-state index is 0.128. The lowest BCUT2D eigenvalue weighted by atomic mass is 10.1. The monoisotopic (exact) mass is 271 g/mol. The standard InChI is InChI=1S/C17H21NO2/c1-4-18(14-7-5-6-12(2)10-14)15-8-9-16(13(3)19)17(20)11-15/h5-11,13,19-20H,4H2,1-3H3. The summed E-state index contributed by atoms with van der Waals surface area (Å²) in [5, 5.41) is 19.6. The van der Waals surface area contributed by atoms with Crippen LogP contribution in [0.15, 0.2) is 42.5 Å². The summed E-state index contributed by atoms with van der Waals surface area (Å²) < 4.78 is 0. The third kappa shape index (κ3) is 2.94. The van der Waals surface area contributed by atoms with Crippen molar-refractivity contribution in [2.45, 2.75) is 26.9 Å². The van der Waals surface area contributed by atoms with Crippen molar-refractivity contribution in [3.8, 4) is 5.75 Å². The molecule has 1 unspecified atom stereocenters. The second kappa shape index (κ2) is 5.97. The van der Waals surface area contributed by atoms with Crippen molar-refractivity contribution in [1.82, 2.24) is 0 Å².